The molecule has 0 spiro atoms. The maximum atomic E-state index is 12.6. The summed E-state index contributed by atoms with van der Waals surface area (Å²) in [7, 11) is 0. The number of carbonyl (C=O) groups is 1. The average molecular weight is 362 g/mol. The van der Waals surface area contributed by atoms with Gasteiger partial charge in [0.1, 0.15) is 5.52 Å². The number of aromatic nitrogens is 1. The van der Waals surface area contributed by atoms with Crippen molar-refractivity contribution >= 4 is 16.9 Å². The number of hydrogen-bond donors (Lipinski definition) is 0. The van der Waals surface area contributed by atoms with Crippen LogP contribution in [0.15, 0.2) is 59.3 Å². The molecule has 0 saturated carbocycles. The topological polar surface area (TPSA) is 46.3 Å². The molecule has 0 unspecified atom stereocenters. The molecule has 0 bridgehead atoms. The predicted octanol–water partition coefficient (Wildman–Crippen LogP) is 4.75. The van der Waals surface area contributed by atoms with Crippen molar-refractivity contribution in [1.82, 2.24) is 9.88 Å². The van der Waals surface area contributed by atoms with Crippen LogP contribution in [0, 0.1) is 5.92 Å². The minimum Gasteiger partial charge on any atom is -0.443 e. The van der Waals surface area contributed by atoms with E-state index in [1.165, 1.54) is 24.8 Å². The second kappa shape index (κ2) is 8.49. The number of oxazole rings is 1. The van der Waals surface area contributed by atoms with Gasteiger partial charge >= 0.3 is 0 Å². The van der Waals surface area contributed by atoms with Gasteiger partial charge in [0.2, 0.25) is 0 Å². The highest BCUT2D eigenvalue weighted by atomic mass is 16.3. The molecule has 0 atom stereocenters. The van der Waals surface area contributed by atoms with Gasteiger partial charge in [-0.15, -0.1) is 0 Å². The fraction of sp³-hybridized carbons (Fsp3) is 0.391. The molecule has 4 rings (SSSR count). The molecular formula is C23H26N2O2. The van der Waals surface area contributed by atoms with Gasteiger partial charge in [0.25, 0.3) is 0 Å². The van der Waals surface area contributed by atoms with Crippen molar-refractivity contribution in [3.8, 4) is 0 Å². The Morgan fingerprint density at radius 1 is 1.07 bits per heavy atom. The number of fused-ring (bicyclic) bond motifs is 1. The molecule has 3 aromatic rings. The summed E-state index contributed by atoms with van der Waals surface area (Å²) in [6, 6.07) is 16.0. The molecule has 2 heterocycles. The second-order valence-corrected chi connectivity index (χ2v) is 7.46. The molecule has 4 heteroatoms. The SMILES string of the molecule is O=C(c1ccccc1)C1CCN(CCCCc2ccc3ncoc3c2)CC1. The van der Waals surface area contributed by atoms with Gasteiger partial charge < -0.3 is 9.32 Å². The summed E-state index contributed by atoms with van der Waals surface area (Å²) in [5, 5.41) is 0. The van der Waals surface area contributed by atoms with Crippen LogP contribution < -0.4 is 0 Å². The first-order chi connectivity index (χ1) is 13.3. The van der Waals surface area contributed by atoms with Gasteiger partial charge in [-0.2, -0.15) is 0 Å². The van der Waals surface area contributed by atoms with E-state index in [1.807, 2.05) is 36.4 Å². The van der Waals surface area contributed by atoms with Crippen molar-refractivity contribution in [2.75, 3.05) is 19.6 Å². The number of rotatable bonds is 7. The molecule has 1 aliphatic rings. The van der Waals surface area contributed by atoms with Crippen molar-refractivity contribution in [2.45, 2.75) is 32.1 Å². The van der Waals surface area contributed by atoms with Crippen molar-refractivity contribution < 1.29 is 9.21 Å². The van der Waals surface area contributed by atoms with Crippen LogP contribution in [0.25, 0.3) is 11.1 Å². The van der Waals surface area contributed by atoms with Crippen molar-refractivity contribution in [2.24, 2.45) is 5.92 Å². The number of piperidine rings is 1. The molecule has 27 heavy (non-hydrogen) atoms. The molecule has 0 amide bonds. The summed E-state index contributed by atoms with van der Waals surface area (Å²) >= 11 is 0. The fourth-order valence-corrected chi connectivity index (χ4v) is 3.98. The Hall–Kier alpha value is -2.46. The van der Waals surface area contributed by atoms with Crippen LogP contribution in [0.3, 0.4) is 0 Å². The van der Waals surface area contributed by atoms with E-state index >= 15 is 0 Å². The van der Waals surface area contributed by atoms with Crippen molar-refractivity contribution in [1.29, 1.82) is 0 Å². The molecule has 1 fully saturated rings. The highest BCUT2D eigenvalue weighted by molar-refractivity contribution is 5.97. The van der Waals surface area contributed by atoms with Gasteiger partial charge in [-0.1, -0.05) is 36.4 Å². The zero-order chi connectivity index (χ0) is 18.5. The van der Waals surface area contributed by atoms with Crippen molar-refractivity contribution in [3.05, 3.63) is 66.1 Å². The van der Waals surface area contributed by atoms with E-state index in [9.17, 15) is 4.79 Å². The Kier molecular flexibility index (Phi) is 5.64. The number of benzene rings is 2. The molecule has 0 N–H and O–H groups in total. The van der Waals surface area contributed by atoms with E-state index in [0.29, 0.717) is 5.78 Å². The molecule has 2 aromatic carbocycles. The summed E-state index contributed by atoms with van der Waals surface area (Å²) in [5.41, 5.74) is 3.97. The molecule has 1 saturated heterocycles. The van der Waals surface area contributed by atoms with Crippen LogP contribution in [0.1, 0.15) is 41.6 Å². The third kappa shape index (κ3) is 4.45. The Bertz CT molecular complexity index is 880. The number of Topliss-reactive ketones (excluding diaryl/α,β-unsaturated/α-hetero) is 1. The van der Waals surface area contributed by atoms with Crippen LogP contribution in [0.4, 0.5) is 0 Å². The highest BCUT2D eigenvalue weighted by Gasteiger charge is 2.25. The number of likely N-dealkylation sites (tertiary alicyclic amines) is 1. The first-order valence-corrected chi connectivity index (χ1v) is 9.93. The lowest BCUT2D eigenvalue weighted by atomic mass is 9.89. The lowest BCUT2D eigenvalue weighted by molar-refractivity contribution is 0.0839. The highest BCUT2D eigenvalue weighted by Crippen LogP contribution is 2.22. The maximum absolute atomic E-state index is 12.6. The van der Waals surface area contributed by atoms with E-state index in [2.05, 4.69) is 22.0 Å². The number of ketones is 1. The Labute approximate surface area is 160 Å². The van der Waals surface area contributed by atoms with E-state index in [0.717, 1.165) is 55.6 Å². The number of nitrogens with zero attached hydrogens (tertiary/aromatic N) is 2. The molecular weight excluding hydrogens is 336 g/mol. The number of hydrogen-bond acceptors (Lipinski definition) is 4. The van der Waals surface area contributed by atoms with E-state index in [1.54, 1.807) is 0 Å². The summed E-state index contributed by atoms with van der Waals surface area (Å²) in [6.07, 6.45) is 6.89. The Balaban J connectivity index is 1.18. The molecule has 1 aromatic heterocycles. The Morgan fingerprint density at radius 2 is 1.89 bits per heavy atom. The van der Waals surface area contributed by atoms with Crippen LogP contribution in [-0.4, -0.2) is 35.3 Å². The Morgan fingerprint density at radius 3 is 2.70 bits per heavy atom. The van der Waals surface area contributed by atoms with Crippen LogP contribution in [-0.2, 0) is 6.42 Å². The average Bonchev–Trinajstić information content (AvgIpc) is 3.20. The zero-order valence-corrected chi connectivity index (χ0v) is 15.6. The first kappa shape index (κ1) is 17.9. The van der Waals surface area contributed by atoms with Gasteiger partial charge in [0.15, 0.2) is 17.8 Å². The van der Waals surface area contributed by atoms with E-state index in [-0.39, 0.29) is 5.92 Å². The van der Waals surface area contributed by atoms with Gasteiger partial charge in [-0.25, -0.2) is 4.98 Å². The second-order valence-electron chi connectivity index (χ2n) is 7.46. The lowest BCUT2D eigenvalue weighted by Crippen LogP contribution is -2.36. The number of aryl methyl sites for hydroxylation is 1. The standard InChI is InChI=1S/C23H26N2O2/c26-23(19-7-2-1-3-8-19)20-11-14-25(15-12-20)13-5-4-6-18-9-10-21-22(16-18)27-17-24-21/h1-3,7-10,16-17,20H,4-6,11-15H2. The van der Waals surface area contributed by atoms with Gasteiger partial charge in [-0.05, 0) is 69.4 Å². The van der Waals surface area contributed by atoms with Crippen LogP contribution >= 0.6 is 0 Å². The summed E-state index contributed by atoms with van der Waals surface area (Å²) in [4.78, 5) is 19.2. The first-order valence-electron chi connectivity index (χ1n) is 9.93. The van der Waals surface area contributed by atoms with Crippen molar-refractivity contribution in [3.63, 3.8) is 0 Å². The summed E-state index contributed by atoms with van der Waals surface area (Å²) < 4.78 is 5.37. The molecule has 0 radical (unpaired) electrons. The third-order valence-corrected chi connectivity index (χ3v) is 5.60. The molecule has 0 aliphatic carbocycles. The van der Waals surface area contributed by atoms with Gasteiger partial charge in [0, 0.05) is 11.5 Å². The van der Waals surface area contributed by atoms with Crippen LogP contribution in [0.5, 0.6) is 0 Å². The number of carbonyl (C=O) groups excluding carboxylic acids is 1. The zero-order valence-electron chi connectivity index (χ0n) is 15.6. The smallest absolute Gasteiger partial charge is 0.181 e. The maximum Gasteiger partial charge on any atom is 0.181 e. The summed E-state index contributed by atoms with van der Waals surface area (Å²) in [5.74, 6) is 0.510. The minimum absolute atomic E-state index is 0.192. The van der Waals surface area contributed by atoms with E-state index in [4.69, 9.17) is 4.42 Å². The predicted molar refractivity (Wildman–Crippen MR) is 107 cm³/mol. The molecule has 140 valence electrons. The lowest BCUT2D eigenvalue weighted by Gasteiger charge is -2.31. The quantitative estimate of drug-likeness (QED) is 0.450. The monoisotopic (exact) mass is 362 g/mol. The number of unbranched alkanes of at least 4 members (excludes halogenated alkanes) is 1. The van der Waals surface area contributed by atoms with Crippen LogP contribution in [0.2, 0.25) is 0 Å². The normalized spacial score (nSPS) is 16.0. The van der Waals surface area contributed by atoms with E-state index < -0.39 is 0 Å². The molecule has 4 nitrogen and oxygen atoms in total. The van der Waals surface area contributed by atoms with Gasteiger partial charge in [-0.3, -0.25) is 4.79 Å². The van der Waals surface area contributed by atoms with Gasteiger partial charge in [0.05, 0.1) is 0 Å². The third-order valence-electron chi connectivity index (χ3n) is 5.60. The largest absolute Gasteiger partial charge is 0.443 e. The summed E-state index contributed by atoms with van der Waals surface area (Å²) in [6.45, 7) is 3.19. The molecule has 1 aliphatic heterocycles. The minimum atomic E-state index is 0.192. The fourth-order valence-electron chi connectivity index (χ4n) is 3.98.